The van der Waals surface area contributed by atoms with E-state index >= 15 is 0 Å². The maximum Gasteiger partial charge on any atom is 0.225 e. The smallest absolute Gasteiger partial charge is 0.225 e. The van der Waals surface area contributed by atoms with Crippen molar-refractivity contribution in [3.8, 4) is 0 Å². The molecule has 3 heteroatoms. The second-order valence-corrected chi connectivity index (χ2v) is 4.47. The first kappa shape index (κ1) is 12.5. The number of carbonyl (C=O) groups excluding carboxylic acids is 1. The number of rotatable bonds is 6. The molecule has 1 saturated heterocycles. The lowest BCUT2D eigenvalue weighted by atomic mass is 10.1. The Balaban J connectivity index is 2.13. The minimum atomic E-state index is 0.0959. The Hall–Kier alpha value is -0.570. The van der Waals surface area contributed by atoms with Gasteiger partial charge in [0.15, 0.2) is 0 Å². The molecule has 3 nitrogen and oxygen atoms in total. The largest absolute Gasteiger partial charge is 0.381 e. The van der Waals surface area contributed by atoms with Crippen LogP contribution in [0.1, 0.15) is 46.0 Å². The Kier molecular flexibility index (Phi) is 5.69. The fourth-order valence-electron chi connectivity index (χ4n) is 1.87. The van der Waals surface area contributed by atoms with Gasteiger partial charge >= 0.3 is 0 Å². The van der Waals surface area contributed by atoms with E-state index in [-0.39, 0.29) is 11.8 Å². The Bertz CT molecular complexity index is 188. The molecular weight excluding hydrogens is 190 g/mol. The van der Waals surface area contributed by atoms with Crippen molar-refractivity contribution in [3.05, 3.63) is 0 Å². The summed E-state index contributed by atoms with van der Waals surface area (Å²) >= 11 is 0. The summed E-state index contributed by atoms with van der Waals surface area (Å²) < 4.78 is 5.20. The van der Waals surface area contributed by atoms with Crippen molar-refractivity contribution < 1.29 is 9.53 Å². The summed E-state index contributed by atoms with van der Waals surface area (Å²) in [5.41, 5.74) is 0. The summed E-state index contributed by atoms with van der Waals surface area (Å²) in [5.74, 6) is 0.273. The number of amides is 1. The van der Waals surface area contributed by atoms with Crippen molar-refractivity contribution in [2.24, 2.45) is 5.92 Å². The molecule has 1 rings (SSSR count). The van der Waals surface area contributed by atoms with Crippen LogP contribution in [-0.4, -0.2) is 25.2 Å². The quantitative estimate of drug-likeness (QED) is 0.686. The minimum absolute atomic E-state index is 0.0959. The molecule has 1 amide bonds. The number of ether oxygens (including phenoxy) is 1. The van der Waals surface area contributed by atoms with E-state index in [1.165, 1.54) is 19.3 Å². The molecule has 1 heterocycles. The molecular formula is C12H23NO2. The molecule has 0 aliphatic carbocycles. The number of carbonyl (C=O) groups is 1. The van der Waals surface area contributed by atoms with E-state index < -0.39 is 0 Å². The Morgan fingerprint density at radius 3 is 2.93 bits per heavy atom. The molecule has 0 spiro atoms. The minimum Gasteiger partial charge on any atom is -0.381 e. The van der Waals surface area contributed by atoms with Crippen LogP contribution in [0.3, 0.4) is 0 Å². The maximum absolute atomic E-state index is 11.7. The fraction of sp³-hybridized carbons (Fsp3) is 0.917. The number of nitrogens with one attached hydrogen (secondary N) is 1. The van der Waals surface area contributed by atoms with Gasteiger partial charge in [-0.2, -0.15) is 0 Å². The molecule has 15 heavy (non-hydrogen) atoms. The third-order valence-electron chi connectivity index (χ3n) is 2.93. The molecule has 2 atom stereocenters. The van der Waals surface area contributed by atoms with Crippen LogP contribution in [0.25, 0.3) is 0 Å². The molecule has 0 saturated carbocycles. The first-order chi connectivity index (χ1) is 7.24. The van der Waals surface area contributed by atoms with Crippen molar-refractivity contribution in [1.82, 2.24) is 5.32 Å². The van der Waals surface area contributed by atoms with E-state index in [9.17, 15) is 4.79 Å². The van der Waals surface area contributed by atoms with Crippen LogP contribution in [0.4, 0.5) is 0 Å². The maximum atomic E-state index is 11.7. The van der Waals surface area contributed by atoms with Gasteiger partial charge in [0, 0.05) is 12.6 Å². The molecule has 1 aliphatic rings. The summed E-state index contributed by atoms with van der Waals surface area (Å²) in [6, 6.07) is 0.310. The highest BCUT2D eigenvalue weighted by atomic mass is 16.5. The summed E-state index contributed by atoms with van der Waals surface area (Å²) in [4.78, 5) is 11.7. The zero-order chi connectivity index (χ0) is 11.1. The van der Waals surface area contributed by atoms with Crippen molar-refractivity contribution in [2.75, 3.05) is 13.2 Å². The molecule has 1 aliphatic heterocycles. The van der Waals surface area contributed by atoms with Gasteiger partial charge < -0.3 is 10.1 Å². The van der Waals surface area contributed by atoms with Crippen LogP contribution in [0.2, 0.25) is 0 Å². The van der Waals surface area contributed by atoms with Gasteiger partial charge in [-0.05, 0) is 19.8 Å². The van der Waals surface area contributed by atoms with E-state index in [4.69, 9.17) is 4.74 Å². The first-order valence-electron chi connectivity index (χ1n) is 6.12. The summed E-state index contributed by atoms with van der Waals surface area (Å²) in [6.45, 7) is 5.62. The SMILES string of the molecule is CCCCC[C@H](C)NC(=O)[C@H]1CCOC1. The zero-order valence-electron chi connectivity index (χ0n) is 9.92. The zero-order valence-corrected chi connectivity index (χ0v) is 9.92. The van der Waals surface area contributed by atoms with Crippen LogP contribution >= 0.6 is 0 Å². The third kappa shape index (κ3) is 4.65. The molecule has 0 aromatic heterocycles. The van der Waals surface area contributed by atoms with Gasteiger partial charge in [0.2, 0.25) is 5.91 Å². The van der Waals surface area contributed by atoms with Crippen LogP contribution < -0.4 is 5.32 Å². The van der Waals surface area contributed by atoms with Crippen LogP contribution in [0.5, 0.6) is 0 Å². The first-order valence-corrected chi connectivity index (χ1v) is 6.12. The second kappa shape index (κ2) is 6.83. The molecule has 88 valence electrons. The number of hydrogen-bond donors (Lipinski definition) is 1. The van der Waals surface area contributed by atoms with Gasteiger partial charge in [0.25, 0.3) is 0 Å². The normalized spacial score (nSPS) is 22.7. The summed E-state index contributed by atoms with van der Waals surface area (Å²) in [6.07, 6.45) is 5.67. The van der Waals surface area contributed by atoms with E-state index in [1.807, 2.05) is 0 Å². The lowest BCUT2D eigenvalue weighted by Gasteiger charge is -2.16. The lowest BCUT2D eigenvalue weighted by molar-refractivity contribution is -0.125. The van der Waals surface area contributed by atoms with Gasteiger partial charge in [-0.1, -0.05) is 26.2 Å². The van der Waals surface area contributed by atoms with Gasteiger partial charge in [-0.3, -0.25) is 4.79 Å². The molecule has 0 aromatic carbocycles. The Morgan fingerprint density at radius 1 is 1.53 bits per heavy atom. The topological polar surface area (TPSA) is 38.3 Å². The van der Waals surface area contributed by atoms with E-state index in [1.54, 1.807) is 0 Å². The van der Waals surface area contributed by atoms with Gasteiger partial charge in [-0.15, -0.1) is 0 Å². The van der Waals surface area contributed by atoms with Crippen LogP contribution in [0.15, 0.2) is 0 Å². The van der Waals surface area contributed by atoms with Gasteiger partial charge in [0.1, 0.15) is 0 Å². The average molecular weight is 213 g/mol. The van der Waals surface area contributed by atoms with E-state index in [2.05, 4.69) is 19.2 Å². The highest BCUT2D eigenvalue weighted by Crippen LogP contribution is 2.13. The molecule has 0 radical (unpaired) electrons. The van der Waals surface area contributed by atoms with Crippen LogP contribution in [0, 0.1) is 5.92 Å². The molecule has 0 bridgehead atoms. The predicted octanol–water partition coefficient (Wildman–Crippen LogP) is 2.11. The van der Waals surface area contributed by atoms with Crippen LogP contribution in [-0.2, 0) is 9.53 Å². The molecule has 1 N–H and O–H groups in total. The Labute approximate surface area is 92.6 Å². The molecule has 1 fully saturated rings. The van der Waals surface area contributed by atoms with Crippen molar-refractivity contribution in [2.45, 2.75) is 52.0 Å². The molecule has 0 aromatic rings. The van der Waals surface area contributed by atoms with Gasteiger partial charge in [0.05, 0.1) is 12.5 Å². The average Bonchev–Trinajstić information content (AvgIpc) is 2.70. The van der Waals surface area contributed by atoms with Crippen molar-refractivity contribution in [1.29, 1.82) is 0 Å². The fourth-order valence-corrected chi connectivity index (χ4v) is 1.87. The lowest BCUT2D eigenvalue weighted by Crippen LogP contribution is -2.37. The highest BCUT2D eigenvalue weighted by Gasteiger charge is 2.24. The number of hydrogen-bond acceptors (Lipinski definition) is 2. The van der Waals surface area contributed by atoms with Gasteiger partial charge in [-0.25, -0.2) is 0 Å². The van der Waals surface area contributed by atoms with Crippen molar-refractivity contribution >= 4 is 5.91 Å². The summed E-state index contributed by atoms with van der Waals surface area (Å²) in [7, 11) is 0. The monoisotopic (exact) mass is 213 g/mol. The van der Waals surface area contributed by atoms with E-state index in [0.717, 1.165) is 19.4 Å². The number of unbranched alkanes of at least 4 members (excludes halogenated alkanes) is 2. The van der Waals surface area contributed by atoms with Crippen molar-refractivity contribution in [3.63, 3.8) is 0 Å². The van der Waals surface area contributed by atoms with E-state index in [0.29, 0.717) is 12.6 Å². The third-order valence-corrected chi connectivity index (χ3v) is 2.93. The molecule has 0 unspecified atom stereocenters. The second-order valence-electron chi connectivity index (χ2n) is 4.47. The highest BCUT2D eigenvalue weighted by molar-refractivity contribution is 5.79. The predicted molar refractivity (Wildman–Crippen MR) is 60.7 cm³/mol. The Morgan fingerprint density at radius 2 is 2.33 bits per heavy atom. The standard InChI is InChI=1S/C12H23NO2/c1-3-4-5-6-10(2)13-12(14)11-7-8-15-9-11/h10-11H,3-9H2,1-2H3,(H,13,14)/t10-,11-/m0/s1. The summed E-state index contributed by atoms with van der Waals surface area (Å²) in [5, 5.41) is 3.06.